The molecule has 1 atom stereocenters. The fourth-order valence-electron chi connectivity index (χ4n) is 4.44. The van der Waals surface area contributed by atoms with E-state index in [1.54, 1.807) is 37.3 Å². The van der Waals surface area contributed by atoms with Gasteiger partial charge in [0.1, 0.15) is 12.6 Å². The van der Waals surface area contributed by atoms with Crippen LogP contribution in [0.15, 0.2) is 71.6 Å². The van der Waals surface area contributed by atoms with Gasteiger partial charge in [0, 0.05) is 13.1 Å². The van der Waals surface area contributed by atoms with Crippen LogP contribution in [0.3, 0.4) is 0 Å². The van der Waals surface area contributed by atoms with Gasteiger partial charge >= 0.3 is 0 Å². The molecule has 8 heteroatoms. The van der Waals surface area contributed by atoms with Crippen molar-refractivity contribution >= 4 is 27.5 Å². The van der Waals surface area contributed by atoms with Gasteiger partial charge < -0.3 is 10.2 Å². The van der Waals surface area contributed by atoms with Gasteiger partial charge in [-0.3, -0.25) is 13.9 Å². The highest BCUT2D eigenvalue weighted by Gasteiger charge is 2.33. The number of hydrogen-bond acceptors (Lipinski definition) is 4. The number of sulfonamides is 1. The Kier molecular flexibility index (Phi) is 10.1. The predicted octanol–water partition coefficient (Wildman–Crippen LogP) is 5.31. The Morgan fingerprint density at radius 2 is 1.45 bits per heavy atom. The van der Waals surface area contributed by atoms with E-state index in [1.807, 2.05) is 77.9 Å². The van der Waals surface area contributed by atoms with E-state index in [9.17, 15) is 18.0 Å². The first kappa shape index (κ1) is 30.9. The lowest BCUT2D eigenvalue weighted by molar-refractivity contribution is -0.139. The summed E-state index contributed by atoms with van der Waals surface area (Å²) in [4.78, 5) is 28.8. The van der Waals surface area contributed by atoms with E-state index in [0.717, 1.165) is 27.8 Å². The number of amides is 2. The molecule has 0 unspecified atom stereocenters. The van der Waals surface area contributed by atoms with Gasteiger partial charge in [0.25, 0.3) is 10.0 Å². The van der Waals surface area contributed by atoms with E-state index in [-0.39, 0.29) is 23.3 Å². The second-order valence-corrected chi connectivity index (χ2v) is 12.7. The molecule has 0 saturated heterocycles. The van der Waals surface area contributed by atoms with E-state index in [0.29, 0.717) is 12.2 Å². The number of nitrogens with one attached hydrogen (secondary N) is 1. The van der Waals surface area contributed by atoms with E-state index < -0.39 is 28.5 Å². The smallest absolute Gasteiger partial charge is 0.264 e. The van der Waals surface area contributed by atoms with E-state index in [4.69, 9.17) is 0 Å². The van der Waals surface area contributed by atoms with Gasteiger partial charge in [0.15, 0.2) is 0 Å². The summed E-state index contributed by atoms with van der Waals surface area (Å²) in [5.74, 6) is -0.502. The third-order valence-electron chi connectivity index (χ3n) is 6.96. The molecule has 2 amide bonds. The SMILES string of the molecule is Cc1ccc(S(=O)(=O)N(CC(=O)N(Cc2ccccc2C)[C@@H](C)C(=O)NCC(C)C)c2ccc(C)cc2C)cc1. The topological polar surface area (TPSA) is 86.8 Å². The molecular weight excluding hydrogens is 522 g/mol. The maximum atomic E-state index is 14.1. The summed E-state index contributed by atoms with van der Waals surface area (Å²) >= 11 is 0. The van der Waals surface area contributed by atoms with E-state index in [2.05, 4.69) is 5.32 Å². The van der Waals surface area contributed by atoms with Crippen LogP contribution >= 0.6 is 0 Å². The van der Waals surface area contributed by atoms with Crippen molar-refractivity contribution in [2.45, 2.75) is 65.9 Å². The van der Waals surface area contributed by atoms with E-state index in [1.165, 1.54) is 9.21 Å². The molecule has 0 heterocycles. The lowest BCUT2D eigenvalue weighted by Gasteiger charge is -2.33. The van der Waals surface area contributed by atoms with Crippen molar-refractivity contribution in [2.24, 2.45) is 5.92 Å². The highest BCUT2D eigenvalue weighted by atomic mass is 32.2. The largest absolute Gasteiger partial charge is 0.354 e. The summed E-state index contributed by atoms with van der Waals surface area (Å²) < 4.78 is 29.2. The summed E-state index contributed by atoms with van der Waals surface area (Å²) in [5.41, 5.74) is 4.94. The normalized spacial score (nSPS) is 12.2. The lowest BCUT2D eigenvalue weighted by Crippen LogP contribution is -2.51. The van der Waals surface area contributed by atoms with Crippen LogP contribution in [0.25, 0.3) is 0 Å². The Hall–Kier alpha value is -3.65. The highest BCUT2D eigenvalue weighted by molar-refractivity contribution is 7.92. The molecule has 3 rings (SSSR count). The summed E-state index contributed by atoms with van der Waals surface area (Å²) in [5, 5.41) is 2.91. The Labute approximate surface area is 239 Å². The van der Waals surface area contributed by atoms with Gasteiger partial charge in [-0.2, -0.15) is 0 Å². The van der Waals surface area contributed by atoms with Crippen LogP contribution in [0.4, 0.5) is 5.69 Å². The van der Waals surface area contributed by atoms with Crippen LogP contribution in [0.2, 0.25) is 0 Å². The average Bonchev–Trinajstić information content (AvgIpc) is 2.90. The van der Waals surface area contributed by atoms with Gasteiger partial charge in [-0.15, -0.1) is 0 Å². The number of nitrogens with zero attached hydrogens (tertiary/aromatic N) is 2. The minimum Gasteiger partial charge on any atom is -0.354 e. The van der Waals surface area contributed by atoms with Crippen LogP contribution in [0, 0.1) is 33.6 Å². The first-order valence-corrected chi connectivity index (χ1v) is 15.0. The Bertz CT molecular complexity index is 1450. The second-order valence-electron chi connectivity index (χ2n) is 10.9. The van der Waals surface area contributed by atoms with Crippen LogP contribution in [0.1, 0.15) is 48.6 Å². The molecular formula is C32H41N3O4S. The zero-order chi connectivity index (χ0) is 29.6. The number of hydrogen-bond donors (Lipinski definition) is 1. The molecule has 3 aromatic rings. The van der Waals surface area contributed by atoms with Gasteiger partial charge in [-0.25, -0.2) is 8.42 Å². The minimum atomic E-state index is -4.10. The van der Waals surface area contributed by atoms with Crippen LogP contribution in [0.5, 0.6) is 0 Å². The minimum absolute atomic E-state index is 0.0963. The zero-order valence-corrected chi connectivity index (χ0v) is 25.4. The fourth-order valence-corrected chi connectivity index (χ4v) is 5.92. The monoisotopic (exact) mass is 563 g/mol. The summed E-state index contributed by atoms with van der Waals surface area (Å²) in [6.07, 6.45) is 0. The van der Waals surface area contributed by atoms with Crippen LogP contribution in [-0.4, -0.2) is 44.3 Å². The third-order valence-corrected chi connectivity index (χ3v) is 8.74. The van der Waals surface area contributed by atoms with E-state index >= 15 is 0 Å². The first-order chi connectivity index (χ1) is 18.8. The molecule has 0 saturated carbocycles. The Balaban J connectivity index is 2.06. The number of rotatable bonds is 11. The highest BCUT2D eigenvalue weighted by Crippen LogP contribution is 2.28. The van der Waals surface area contributed by atoms with Crippen molar-refractivity contribution in [3.63, 3.8) is 0 Å². The molecule has 0 bridgehead atoms. The Morgan fingerprint density at radius 1 is 0.825 bits per heavy atom. The van der Waals surface area contributed by atoms with Crippen LogP contribution in [-0.2, 0) is 26.2 Å². The van der Waals surface area contributed by atoms with Crippen molar-refractivity contribution in [1.29, 1.82) is 0 Å². The number of anilines is 1. The Morgan fingerprint density at radius 3 is 2.05 bits per heavy atom. The molecule has 0 spiro atoms. The molecule has 0 aromatic heterocycles. The molecule has 0 aliphatic carbocycles. The maximum absolute atomic E-state index is 14.1. The van der Waals surface area contributed by atoms with Gasteiger partial charge in [0.2, 0.25) is 11.8 Å². The molecule has 0 fully saturated rings. The maximum Gasteiger partial charge on any atom is 0.264 e. The number of carbonyl (C=O) groups excluding carboxylic acids is 2. The van der Waals surface area contributed by atoms with Crippen molar-refractivity contribution < 1.29 is 18.0 Å². The molecule has 0 radical (unpaired) electrons. The quantitative estimate of drug-likeness (QED) is 0.343. The zero-order valence-electron chi connectivity index (χ0n) is 24.6. The molecule has 0 aliphatic heterocycles. The number of aryl methyl sites for hydroxylation is 4. The molecule has 3 aromatic carbocycles. The molecule has 40 heavy (non-hydrogen) atoms. The summed E-state index contributed by atoms with van der Waals surface area (Å²) in [6, 6.07) is 18.9. The molecule has 214 valence electrons. The van der Waals surface area contributed by atoms with Crippen molar-refractivity contribution in [2.75, 3.05) is 17.4 Å². The van der Waals surface area contributed by atoms with Crippen molar-refractivity contribution in [3.8, 4) is 0 Å². The first-order valence-electron chi connectivity index (χ1n) is 13.6. The third kappa shape index (κ3) is 7.50. The number of benzene rings is 3. The molecule has 7 nitrogen and oxygen atoms in total. The van der Waals surface area contributed by atoms with Gasteiger partial charge in [0.05, 0.1) is 10.6 Å². The summed E-state index contributed by atoms with van der Waals surface area (Å²) in [7, 11) is -4.10. The van der Waals surface area contributed by atoms with Crippen molar-refractivity contribution in [3.05, 3.63) is 94.5 Å². The number of carbonyl (C=O) groups is 2. The second kappa shape index (κ2) is 13.1. The lowest BCUT2D eigenvalue weighted by atomic mass is 10.1. The van der Waals surface area contributed by atoms with Crippen LogP contribution < -0.4 is 9.62 Å². The standard InChI is InChI=1S/C32H41N3O4S/c1-22(2)19-33-32(37)27(7)34(20-28-11-9-8-10-25(28)5)31(36)21-35(30-17-14-24(4)18-26(30)6)40(38,39)29-15-12-23(3)13-16-29/h8-18,22,27H,19-21H2,1-7H3,(H,33,37)/t27-/m0/s1. The summed E-state index contributed by atoms with van der Waals surface area (Å²) in [6.45, 7) is 13.5. The van der Waals surface area contributed by atoms with Gasteiger partial charge in [-0.1, -0.05) is 73.5 Å². The van der Waals surface area contributed by atoms with Gasteiger partial charge in [-0.05, 0) is 75.4 Å². The fraction of sp³-hybridized carbons (Fsp3) is 0.375. The average molecular weight is 564 g/mol. The molecule has 1 N–H and O–H groups in total. The molecule has 0 aliphatic rings. The van der Waals surface area contributed by atoms with Crippen molar-refractivity contribution in [1.82, 2.24) is 10.2 Å². The predicted molar refractivity (Wildman–Crippen MR) is 161 cm³/mol.